The van der Waals surface area contributed by atoms with Crippen LogP contribution >= 0.6 is 0 Å². The summed E-state index contributed by atoms with van der Waals surface area (Å²) in [6.07, 6.45) is 0. The molecule has 0 radical (unpaired) electrons. The number of esters is 1. The van der Waals surface area contributed by atoms with E-state index in [1.165, 1.54) is 23.1 Å². The van der Waals surface area contributed by atoms with Crippen LogP contribution in [0.15, 0.2) is 54.6 Å². The van der Waals surface area contributed by atoms with Gasteiger partial charge in [-0.1, -0.05) is 24.3 Å². The third kappa shape index (κ3) is 4.16. The summed E-state index contributed by atoms with van der Waals surface area (Å²) >= 11 is 0. The van der Waals surface area contributed by atoms with Crippen LogP contribution in [0.25, 0.3) is 0 Å². The van der Waals surface area contributed by atoms with Gasteiger partial charge in [0, 0.05) is 24.4 Å². The number of carbonyl (C=O) groups is 2. The van der Waals surface area contributed by atoms with Gasteiger partial charge in [-0.15, -0.1) is 0 Å². The largest absolute Gasteiger partial charge is 0.452 e. The maximum atomic E-state index is 12.2. The Morgan fingerprint density at radius 3 is 2.46 bits per heavy atom. The van der Waals surface area contributed by atoms with Gasteiger partial charge in [0.25, 0.3) is 11.6 Å². The Morgan fingerprint density at radius 1 is 1.12 bits per heavy atom. The van der Waals surface area contributed by atoms with Crippen molar-refractivity contribution in [3.8, 4) is 0 Å². The van der Waals surface area contributed by atoms with Gasteiger partial charge in [-0.3, -0.25) is 14.9 Å². The van der Waals surface area contributed by atoms with Crippen LogP contribution in [-0.4, -0.2) is 30.0 Å². The monoisotopic (exact) mass is 328 g/mol. The summed E-state index contributed by atoms with van der Waals surface area (Å²) in [5.74, 6) is -1.15. The first-order valence-electron chi connectivity index (χ1n) is 7.30. The Kier molecular flexibility index (Phi) is 5.62. The van der Waals surface area contributed by atoms with E-state index in [2.05, 4.69) is 0 Å². The van der Waals surface area contributed by atoms with Crippen molar-refractivity contribution in [1.82, 2.24) is 0 Å². The average molecular weight is 328 g/mol. The summed E-state index contributed by atoms with van der Waals surface area (Å²) in [7, 11) is 0. The van der Waals surface area contributed by atoms with Crippen LogP contribution in [0.2, 0.25) is 0 Å². The molecule has 0 saturated carbocycles. The van der Waals surface area contributed by atoms with Crippen molar-refractivity contribution in [3.05, 3.63) is 70.3 Å². The second-order valence-corrected chi connectivity index (χ2v) is 4.86. The van der Waals surface area contributed by atoms with Crippen molar-refractivity contribution in [2.45, 2.75) is 6.92 Å². The quantitative estimate of drug-likeness (QED) is 0.462. The maximum Gasteiger partial charge on any atom is 0.338 e. The minimum absolute atomic E-state index is 0.0276. The number of hydrogen-bond donors (Lipinski definition) is 0. The van der Waals surface area contributed by atoms with E-state index in [1.54, 1.807) is 24.3 Å². The number of nitrogens with zero attached hydrogens (tertiary/aromatic N) is 2. The van der Waals surface area contributed by atoms with Gasteiger partial charge in [0.2, 0.25) is 0 Å². The number of nitro groups is 1. The van der Waals surface area contributed by atoms with Gasteiger partial charge >= 0.3 is 5.97 Å². The van der Waals surface area contributed by atoms with Crippen molar-refractivity contribution < 1.29 is 19.2 Å². The van der Waals surface area contributed by atoms with E-state index in [-0.39, 0.29) is 17.2 Å². The molecule has 7 heteroatoms. The number of non-ortho nitro benzene ring substituents is 1. The number of hydrogen-bond acceptors (Lipinski definition) is 5. The van der Waals surface area contributed by atoms with Gasteiger partial charge in [0.1, 0.15) is 0 Å². The normalized spacial score (nSPS) is 10.0. The highest BCUT2D eigenvalue weighted by atomic mass is 16.6. The standard InChI is InChI=1S/C17H16N2O5/c1-2-18(14-8-4-3-5-9-14)16(20)12-24-17(21)13-7-6-10-15(11-13)19(22)23/h3-11H,2,12H2,1H3. The lowest BCUT2D eigenvalue weighted by molar-refractivity contribution is -0.384. The first-order chi connectivity index (χ1) is 11.5. The lowest BCUT2D eigenvalue weighted by Crippen LogP contribution is -2.34. The number of anilines is 1. The number of benzene rings is 2. The van der Waals surface area contributed by atoms with Gasteiger partial charge in [-0.2, -0.15) is 0 Å². The minimum atomic E-state index is -0.781. The molecule has 124 valence electrons. The van der Waals surface area contributed by atoms with Gasteiger partial charge in [-0.05, 0) is 25.1 Å². The Labute approximate surface area is 138 Å². The zero-order valence-electron chi connectivity index (χ0n) is 13.0. The van der Waals surface area contributed by atoms with Crippen molar-refractivity contribution in [1.29, 1.82) is 0 Å². The molecule has 7 nitrogen and oxygen atoms in total. The molecule has 0 heterocycles. The Morgan fingerprint density at radius 2 is 1.83 bits per heavy atom. The zero-order chi connectivity index (χ0) is 17.5. The molecule has 0 N–H and O–H groups in total. The van der Waals surface area contributed by atoms with Crippen LogP contribution in [0, 0.1) is 10.1 Å². The summed E-state index contributed by atoms with van der Waals surface area (Å²) in [6, 6.07) is 14.2. The van der Waals surface area contributed by atoms with Crippen LogP contribution in [0.1, 0.15) is 17.3 Å². The molecule has 0 saturated heterocycles. The first kappa shape index (κ1) is 17.1. The summed E-state index contributed by atoms with van der Waals surface area (Å²) in [6.45, 7) is 1.80. The molecule has 0 aliphatic heterocycles. The molecule has 0 fully saturated rings. The minimum Gasteiger partial charge on any atom is -0.452 e. The number of para-hydroxylation sites is 1. The van der Waals surface area contributed by atoms with E-state index in [0.717, 1.165) is 6.07 Å². The summed E-state index contributed by atoms with van der Waals surface area (Å²) in [5.41, 5.74) is 0.520. The van der Waals surface area contributed by atoms with Gasteiger partial charge in [0.05, 0.1) is 10.5 Å². The van der Waals surface area contributed by atoms with E-state index >= 15 is 0 Å². The van der Waals surface area contributed by atoms with Crippen molar-refractivity contribution >= 4 is 23.3 Å². The summed E-state index contributed by atoms with van der Waals surface area (Å²) < 4.78 is 4.98. The molecule has 2 rings (SSSR count). The van der Waals surface area contributed by atoms with Crippen LogP contribution in [0.3, 0.4) is 0 Å². The molecule has 2 aromatic carbocycles. The van der Waals surface area contributed by atoms with Gasteiger partial charge in [0.15, 0.2) is 6.61 Å². The lowest BCUT2D eigenvalue weighted by atomic mass is 10.2. The van der Waals surface area contributed by atoms with Crippen LogP contribution in [0.4, 0.5) is 11.4 Å². The van der Waals surface area contributed by atoms with Gasteiger partial charge in [-0.25, -0.2) is 4.79 Å². The molecule has 2 aromatic rings. The molecule has 0 atom stereocenters. The molecule has 0 bridgehead atoms. The highest BCUT2D eigenvalue weighted by Crippen LogP contribution is 2.15. The van der Waals surface area contributed by atoms with E-state index in [9.17, 15) is 19.7 Å². The fraction of sp³-hybridized carbons (Fsp3) is 0.176. The third-order valence-corrected chi connectivity index (χ3v) is 3.30. The number of rotatable bonds is 6. The molecular formula is C17H16N2O5. The predicted molar refractivity (Wildman–Crippen MR) is 87.8 cm³/mol. The number of carbonyl (C=O) groups excluding carboxylic acids is 2. The fourth-order valence-electron chi connectivity index (χ4n) is 2.15. The van der Waals surface area contributed by atoms with Crippen molar-refractivity contribution in [2.75, 3.05) is 18.1 Å². The van der Waals surface area contributed by atoms with E-state index < -0.39 is 17.5 Å². The van der Waals surface area contributed by atoms with E-state index in [0.29, 0.717) is 12.2 Å². The van der Waals surface area contributed by atoms with E-state index in [1.807, 2.05) is 13.0 Å². The second-order valence-electron chi connectivity index (χ2n) is 4.86. The molecule has 0 aromatic heterocycles. The highest BCUT2D eigenvalue weighted by molar-refractivity contribution is 5.97. The SMILES string of the molecule is CCN(C(=O)COC(=O)c1cccc([N+](=O)[O-])c1)c1ccccc1. The molecular weight excluding hydrogens is 312 g/mol. The number of amides is 1. The summed E-state index contributed by atoms with van der Waals surface area (Å²) in [5, 5.41) is 10.7. The Balaban J connectivity index is 2.01. The number of likely N-dealkylation sites (N-methyl/N-ethyl adjacent to an activating group) is 1. The molecule has 1 amide bonds. The number of ether oxygens (including phenoxy) is 1. The average Bonchev–Trinajstić information content (AvgIpc) is 2.61. The van der Waals surface area contributed by atoms with Crippen LogP contribution in [-0.2, 0) is 9.53 Å². The molecule has 0 spiro atoms. The summed E-state index contributed by atoms with van der Waals surface area (Å²) in [4.78, 5) is 35.8. The van der Waals surface area contributed by atoms with Crippen LogP contribution in [0.5, 0.6) is 0 Å². The topological polar surface area (TPSA) is 89.8 Å². The Hall–Kier alpha value is -3.22. The van der Waals surface area contributed by atoms with Crippen LogP contribution < -0.4 is 4.90 Å². The molecule has 0 aliphatic carbocycles. The second kappa shape index (κ2) is 7.87. The maximum absolute atomic E-state index is 12.2. The molecule has 0 aliphatic rings. The highest BCUT2D eigenvalue weighted by Gasteiger charge is 2.18. The van der Waals surface area contributed by atoms with Crippen molar-refractivity contribution in [3.63, 3.8) is 0 Å². The predicted octanol–water partition coefficient (Wildman–Crippen LogP) is 2.80. The van der Waals surface area contributed by atoms with Gasteiger partial charge < -0.3 is 9.64 Å². The fourth-order valence-corrected chi connectivity index (χ4v) is 2.15. The smallest absolute Gasteiger partial charge is 0.338 e. The first-order valence-corrected chi connectivity index (χ1v) is 7.30. The lowest BCUT2D eigenvalue weighted by Gasteiger charge is -2.20. The van der Waals surface area contributed by atoms with Crippen molar-refractivity contribution in [2.24, 2.45) is 0 Å². The molecule has 24 heavy (non-hydrogen) atoms. The van der Waals surface area contributed by atoms with E-state index in [4.69, 9.17) is 4.74 Å². The molecule has 0 unspecified atom stereocenters. The number of nitro benzene ring substituents is 1. The third-order valence-electron chi connectivity index (χ3n) is 3.30. The Bertz CT molecular complexity index is 746. The zero-order valence-corrected chi connectivity index (χ0v) is 13.0.